The van der Waals surface area contributed by atoms with E-state index in [4.69, 9.17) is 0 Å². The van der Waals surface area contributed by atoms with Gasteiger partial charge in [-0.1, -0.05) is 115 Å². The molecule has 0 N–H and O–H groups in total. The second-order valence-corrected chi connectivity index (χ2v) is 12.7. The van der Waals surface area contributed by atoms with Gasteiger partial charge in [0.25, 0.3) is 0 Å². The van der Waals surface area contributed by atoms with Crippen molar-refractivity contribution in [3.05, 3.63) is 182 Å². The quantitative estimate of drug-likeness (QED) is 0.175. The summed E-state index contributed by atoms with van der Waals surface area (Å²) in [5.41, 5.74) is 10.8. The van der Waals surface area contributed by atoms with Crippen molar-refractivity contribution in [2.75, 3.05) is 0 Å². The number of fused-ring (bicyclic) bond motifs is 7. The van der Waals surface area contributed by atoms with Gasteiger partial charge in [-0.05, 0) is 104 Å². The van der Waals surface area contributed by atoms with Crippen LogP contribution in [0.25, 0.3) is 87.9 Å². The van der Waals surface area contributed by atoms with Gasteiger partial charge in [-0.15, -0.1) is 0 Å². The highest BCUT2D eigenvalue weighted by atomic mass is 15.0. The van der Waals surface area contributed by atoms with Crippen molar-refractivity contribution < 1.29 is 0 Å². The molecular weight excluding hydrogens is 581 g/mol. The minimum Gasteiger partial charge on any atom is -0.316 e. The number of rotatable bonds is 4. The van der Waals surface area contributed by atoms with Gasteiger partial charge in [0.15, 0.2) is 0 Å². The maximum Gasteiger partial charge on any atom is 0.0635 e. The van der Waals surface area contributed by atoms with Crippen molar-refractivity contribution in [2.45, 2.75) is 0 Å². The molecule has 0 saturated carbocycles. The Bertz CT molecular complexity index is 2760. The monoisotopic (exact) mass is 610 g/mol. The van der Waals surface area contributed by atoms with E-state index in [0.29, 0.717) is 0 Å². The molecule has 8 aromatic carbocycles. The molecule has 2 aromatic heterocycles. The highest BCUT2D eigenvalue weighted by molar-refractivity contribution is 6.18. The third-order valence-electron chi connectivity index (χ3n) is 9.86. The zero-order valence-electron chi connectivity index (χ0n) is 26.2. The first-order valence-corrected chi connectivity index (χ1v) is 16.5. The van der Waals surface area contributed by atoms with E-state index in [9.17, 15) is 0 Å². The molecule has 0 aliphatic carbocycles. The Hall–Kier alpha value is -6.38. The number of nitrogens with zero attached hydrogens (tertiary/aromatic N) is 2. The first-order valence-electron chi connectivity index (χ1n) is 16.5. The molecule has 2 heterocycles. The molecule has 10 rings (SSSR count). The summed E-state index contributed by atoms with van der Waals surface area (Å²) in [6.07, 6.45) is 2.23. The van der Waals surface area contributed by atoms with E-state index in [1.54, 1.807) is 0 Å². The lowest BCUT2D eigenvalue weighted by Gasteiger charge is -2.14. The molecule has 0 fully saturated rings. The molecule has 0 bridgehead atoms. The van der Waals surface area contributed by atoms with Gasteiger partial charge in [-0.25, -0.2) is 0 Å². The molecule has 0 spiro atoms. The Labute approximate surface area is 278 Å². The normalized spacial score (nSPS) is 11.8. The molecule has 0 unspecified atom stereocenters. The van der Waals surface area contributed by atoms with Gasteiger partial charge in [0, 0.05) is 33.7 Å². The summed E-state index contributed by atoms with van der Waals surface area (Å²) >= 11 is 0. The number of aromatic nitrogens is 2. The van der Waals surface area contributed by atoms with E-state index in [2.05, 4.69) is 191 Å². The van der Waals surface area contributed by atoms with Gasteiger partial charge < -0.3 is 9.13 Å². The minimum absolute atomic E-state index is 1.14. The lowest BCUT2D eigenvalue weighted by Crippen LogP contribution is -1.96. The van der Waals surface area contributed by atoms with Crippen molar-refractivity contribution in [2.24, 2.45) is 0 Å². The predicted molar refractivity (Wildman–Crippen MR) is 203 cm³/mol. The third-order valence-corrected chi connectivity index (χ3v) is 9.86. The van der Waals surface area contributed by atoms with Gasteiger partial charge in [-0.3, -0.25) is 0 Å². The molecule has 10 aromatic rings. The van der Waals surface area contributed by atoms with Crippen molar-refractivity contribution in [1.29, 1.82) is 0 Å². The predicted octanol–water partition coefficient (Wildman–Crippen LogP) is 12.4. The van der Waals surface area contributed by atoms with E-state index >= 15 is 0 Å². The molecule has 0 aliphatic heterocycles. The molecule has 224 valence electrons. The van der Waals surface area contributed by atoms with Crippen LogP contribution in [-0.2, 0) is 0 Å². The molecule has 0 aliphatic rings. The number of hydrogen-bond donors (Lipinski definition) is 0. The minimum atomic E-state index is 1.14. The summed E-state index contributed by atoms with van der Waals surface area (Å²) in [5, 5.41) is 8.78. The maximum absolute atomic E-state index is 2.46. The van der Waals surface area contributed by atoms with Crippen molar-refractivity contribution >= 4 is 54.3 Å². The molecule has 2 heteroatoms. The van der Waals surface area contributed by atoms with Gasteiger partial charge in [-0.2, -0.15) is 0 Å². The van der Waals surface area contributed by atoms with E-state index in [1.807, 2.05) is 0 Å². The van der Waals surface area contributed by atoms with Crippen LogP contribution in [0.2, 0.25) is 0 Å². The molecule has 48 heavy (non-hydrogen) atoms. The summed E-state index contributed by atoms with van der Waals surface area (Å²) in [4.78, 5) is 0. The van der Waals surface area contributed by atoms with Crippen molar-refractivity contribution in [3.8, 4) is 33.6 Å². The van der Waals surface area contributed by atoms with Crippen LogP contribution < -0.4 is 0 Å². The molecular formula is C46H30N2. The molecule has 0 amide bonds. The highest BCUT2D eigenvalue weighted by Gasteiger charge is 2.18. The zero-order chi connectivity index (χ0) is 31.6. The average Bonchev–Trinajstić information content (AvgIpc) is 3.74. The number of hydrogen-bond acceptors (Lipinski definition) is 0. The largest absolute Gasteiger partial charge is 0.316 e. The molecule has 0 radical (unpaired) electrons. The van der Waals surface area contributed by atoms with E-state index in [-0.39, 0.29) is 0 Å². The average molecular weight is 611 g/mol. The van der Waals surface area contributed by atoms with Crippen LogP contribution in [0.1, 0.15) is 0 Å². The van der Waals surface area contributed by atoms with Crippen LogP contribution in [0.3, 0.4) is 0 Å². The Morgan fingerprint density at radius 2 is 0.938 bits per heavy atom. The van der Waals surface area contributed by atoms with Crippen molar-refractivity contribution in [1.82, 2.24) is 9.13 Å². The Morgan fingerprint density at radius 1 is 0.312 bits per heavy atom. The second-order valence-electron chi connectivity index (χ2n) is 12.7. The van der Waals surface area contributed by atoms with Crippen LogP contribution in [-0.4, -0.2) is 9.13 Å². The Morgan fingerprint density at radius 3 is 1.67 bits per heavy atom. The van der Waals surface area contributed by atoms with Gasteiger partial charge in [0.2, 0.25) is 0 Å². The third kappa shape index (κ3) is 4.20. The fourth-order valence-electron chi connectivity index (χ4n) is 7.58. The van der Waals surface area contributed by atoms with Crippen LogP contribution >= 0.6 is 0 Å². The lowest BCUT2D eigenvalue weighted by molar-refractivity contribution is 1.13. The zero-order valence-corrected chi connectivity index (χ0v) is 26.2. The van der Waals surface area contributed by atoms with E-state index in [1.165, 1.54) is 82.2 Å². The topological polar surface area (TPSA) is 9.86 Å². The molecule has 0 atom stereocenters. The second kappa shape index (κ2) is 10.6. The standard InChI is InChI=1S/C46H30N2/c1-3-11-31(12-4-1)36-27-37(32-13-5-2-6-14-32)30-40(29-36)47-24-23-43-44(47)22-21-42-41-17-9-10-18-45(41)48(46(42)43)39-20-19-35-25-33-15-7-8-16-34(33)26-38(35)28-39/h1-30H. The van der Waals surface area contributed by atoms with Crippen LogP contribution in [0.15, 0.2) is 182 Å². The Kier molecular flexibility index (Phi) is 5.91. The SMILES string of the molecule is c1ccc(-c2cc(-c3ccccc3)cc(-n3ccc4c3ccc3c5ccccc5n(-c5ccc6cc7ccccc7cc6c5)c34)c2)cc1. The smallest absolute Gasteiger partial charge is 0.0635 e. The van der Waals surface area contributed by atoms with Crippen LogP contribution in [0.5, 0.6) is 0 Å². The summed E-state index contributed by atoms with van der Waals surface area (Å²) in [6, 6.07) is 64.1. The van der Waals surface area contributed by atoms with Gasteiger partial charge in [0.05, 0.1) is 16.6 Å². The number of benzene rings is 8. The van der Waals surface area contributed by atoms with E-state index < -0.39 is 0 Å². The summed E-state index contributed by atoms with van der Waals surface area (Å²) in [7, 11) is 0. The van der Waals surface area contributed by atoms with Crippen LogP contribution in [0.4, 0.5) is 0 Å². The van der Waals surface area contributed by atoms with Crippen LogP contribution in [0, 0.1) is 0 Å². The lowest BCUT2D eigenvalue weighted by atomic mass is 9.98. The molecule has 2 nitrogen and oxygen atoms in total. The first-order chi connectivity index (χ1) is 23.8. The summed E-state index contributed by atoms with van der Waals surface area (Å²) in [5.74, 6) is 0. The fourth-order valence-corrected chi connectivity index (χ4v) is 7.58. The number of para-hydroxylation sites is 1. The maximum atomic E-state index is 2.46. The Balaban J connectivity index is 1.22. The van der Waals surface area contributed by atoms with Gasteiger partial charge in [0.1, 0.15) is 0 Å². The highest BCUT2D eigenvalue weighted by Crippen LogP contribution is 2.39. The first kappa shape index (κ1) is 26.8. The van der Waals surface area contributed by atoms with Gasteiger partial charge >= 0.3 is 0 Å². The molecule has 0 saturated heterocycles. The summed E-state index contributed by atoms with van der Waals surface area (Å²) in [6.45, 7) is 0. The van der Waals surface area contributed by atoms with Crippen molar-refractivity contribution in [3.63, 3.8) is 0 Å². The summed E-state index contributed by atoms with van der Waals surface area (Å²) < 4.78 is 4.81. The van der Waals surface area contributed by atoms with E-state index in [0.717, 1.165) is 5.69 Å². The fraction of sp³-hybridized carbons (Fsp3) is 0.